The molecular formula is C10H19NO4. The van der Waals surface area contributed by atoms with Gasteiger partial charge in [0.25, 0.3) is 0 Å². The molecule has 0 aliphatic heterocycles. The van der Waals surface area contributed by atoms with Gasteiger partial charge in [-0.2, -0.15) is 0 Å². The lowest BCUT2D eigenvalue weighted by Gasteiger charge is -2.25. The van der Waals surface area contributed by atoms with Crippen molar-refractivity contribution in [2.45, 2.75) is 32.7 Å². The first-order valence-corrected chi connectivity index (χ1v) is 5.10. The van der Waals surface area contributed by atoms with E-state index < -0.39 is 18.0 Å². The molecule has 0 bridgehead atoms. The molecule has 0 saturated carbocycles. The molecule has 15 heavy (non-hydrogen) atoms. The summed E-state index contributed by atoms with van der Waals surface area (Å²) in [5.41, 5.74) is 0. The van der Waals surface area contributed by atoms with Gasteiger partial charge in [0.05, 0.1) is 13.7 Å². The third-order valence-electron chi connectivity index (χ3n) is 2.25. The molecule has 0 aliphatic carbocycles. The summed E-state index contributed by atoms with van der Waals surface area (Å²) in [4.78, 5) is 23.6. The SMILES string of the molecule is CCCC(C(=O)O)N(CC)CC(=O)OC. The molecule has 1 N–H and O–H groups in total. The summed E-state index contributed by atoms with van der Waals surface area (Å²) in [6.45, 7) is 4.30. The number of aliphatic carboxylic acids is 1. The summed E-state index contributed by atoms with van der Waals surface area (Å²) >= 11 is 0. The van der Waals surface area contributed by atoms with E-state index in [-0.39, 0.29) is 6.54 Å². The van der Waals surface area contributed by atoms with Crippen LogP contribution in [0.4, 0.5) is 0 Å². The van der Waals surface area contributed by atoms with Crippen molar-refractivity contribution < 1.29 is 19.4 Å². The van der Waals surface area contributed by atoms with Crippen molar-refractivity contribution in [3.8, 4) is 0 Å². The lowest BCUT2D eigenvalue weighted by molar-refractivity contribution is -0.147. The van der Waals surface area contributed by atoms with E-state index >= 15 is 0 Å². The van der Waals surface area contributed by atoms with E-state index in [4.69, 9.17) is 5.11 Å². The Balaban J connectivity index is 4.44. The second kappa shape index (κ2) is 7.23. The van der Waals surface area contributed by atoms with Crippen LogP contribution in [-0.2, 0) is 14.3 Å². The van der Waals surface area contributed by atoms with E-state index in [1.807, 2.05) is 13.8 Å². The normalized spacial score (nSPS) is 12.5. The molecule has 0 aromatic rings. The van der Waals surface area contributed by atoms with Gasteiger partial charge in [-0.15, -0.1) is 0 Å². The van der Waals surface area contributed by atoms with Crippen LogP contribution in [0.3, 0.4) is 0 Å². The molecule has 0 radical (unpaired) electrons. The van der Waals surface area contributed by atoms with Crippen LogP contribution in [0.25, 0.3) is 0 Å². The first-order chi connectivity index (χ1) is 7.06. The smallest absolute Gasteiger partial charge is 0.320 e. The van der Waals surface area contributed by atoms with E-state index in [1.54, 1.807) is 4.90 Å². The number of carbonyl (C=O) groups is 2. The van der Waals surface area contributed by atoms with Gasteiger partial charge in [-0.3, -0.25) is 14.5 Å². The number of likely N-dealkylation sites (N-methyl/N-ethyl adjacent to an activating group) is 1. The number of ether oxygens (including phenoxy) is 1. The topological polar surface area (TPSA) is 66.8 Å². The van der Waals surface area contributed by atoms with E-state index in [2.05, 4.69) is 4.74 Å². The standard InChI is InChI=1S/C10H19NO4/c1-4-6-8(10(13)14)11(5-2)7-9(12)15-3/h8H,4-7H2,1-3H3,(H,13,14). The van der Waals surface area contributed by atoms with Gasteiger partial charge in [0.1, 0.15) is 6.04 Å². The van der Waals surface area contributed by atoms with Crippen molar-refractivity contribution in [1.29, 1.82) is 0 Å². The monoisotopic (exact) mass is 217 g/mol. The molecule has 0 aromatic carbocycles. The minimum atomic E-state index is -0.886. The van der Waals surface area contributed by atoms with E-state index in [9.17, 15) is 9.59 Å². The van der Waals surface area contributed by atoms with Crippen molar-refractivity contribution in [3.63, 3.8) is 0 Å². The maximum absolute atomic E-state index is 11.1. The fraction of sp³-hybridized carbons (Fsp3) is 0.800. The van der Waals surface area contributed by atoms with Crippen LogP contribution in [0.2, 0.25) is 0 Å². The van der Waals surface area contributed by atoms with Gasteiger partial charge in [0, 0.05) is 0 Å². The average molecular weight is 217 g/mol. The highest BCUT2D eigenvalue weighted by molar-refractivity contribution is 5.76. The third kappa shape index (κ3) is 4.78. The number of rotatable bonds is 7. The molecule has 0 fully saturated rings. The Labute approximate surface area is 90.0 Å². The fourth-order valence-corrected chi connectivity index (χ4v) is 1.41. The second-order valence-electron chi connectivity index (χ2n) is 3.28. The number of methoxy groups -OCH3 is 1. The van der Waals surface area contributed by atoms with Gasteiger partial charge in [-0.05, 0) is 13.0 Å². The second-order valence-corrected chi connectivity index (χ2v) is 3.28. The Kier molecular flexibility index (Phi) is 6.70. The molecular weight excluding hydrogens is 198 g/mol. The molecule has 0 saturated heterocycles. The Morgan fingerprint density at radius 1 is 1.40 bits per heavy atom. The van der Waals surface area contributed by atoms with Gasteiger partial charge in [0.15, 0.2) is 0 Å². The minimum Gasteiger partial charge on any atom is -0.480 e. The molecule has 0 spiro atoms. The quantitative estimate of drug-likeness (QED) is 0.637. The predicted octanol–water partition coefficient (Wildman–Crippen LogP) is 0.735. The van der Waals surface area contributed by atoms with Crippen LogP contribution >= 0.6 is 0 Å². The van der Waals surface area contributed by atoms with Gasteiger partial charge in [0.2, 0.25) is 0 Å². The van der Waals surface area contributed by atoms with Gasteiger partial charge < -0.3 is 9.84 Å². The number of carbonyl (C=O) groups excluding carboxylic acids is 1. The minimum absolute atomic E-state index is 0.0317. The van der Waals surface area contributed by atoms with E-state index in [1.165, 1.54) is 7.11 Å². The Morgan fingerprint density at radius 3 is 2.33 bits per heavy atom. The number of hydrogen-bond acceptors (Lipinski definition) is 4. The molecule has 0 aliphatic rings. The van der Waals surface area contributed by atoms with Gasteiger partial charge in [-0.25, -0.2) is 0 Å². The molecule has 1 atom stereocenters. The summed E-state index contributed by atoms with van der Waals surface area (Å²) in [6, 6.07) is -0.598. The molecule has 0 heterocycles. The van der Waals surface area contributed by atoms with Crippen LogP contribution in [0, 0.1) is 0 Å². The number of esters is 1. The van der Waals surface area contributed by atoms with Crippen LogP contribution < -0.4 is 0 Å². The van der Waals surface area contributed by atoms with Crippen molar-refractivity contribution in [2.24, 2.45) is 0 Å². The number of nitrogens with zero attached hydrogens (tertiary/aromatic N) is 1. The number of carboxylic acids is 1. The summed E-state index contributed by atoms with van der Waals surface area (Å²) in [5, 5.41) is 9.00. The van der Waals surface area contributed by atoms with Crippen LogP contribution in [-0.4, -0.2) is 48.2 Å². The zero-order valence-corrected chi connectivity index (χ0v) is 9.52. The van der Waals surface area contributed by atoms with Crippen molar-refractivity contribution in [3.05, 3.63) is 0 Å². The van der Waals surface area contributed by atoms with E-state index in [0.717, 1.165) is 6.42 Å². The van der Waals surface area contributed by atoms with Crippen LogP contribution in [0.5, 0.6) is 0 Å². The molecule has 5 heteroatoms. The van der Waals surface area contributed by atoms with Crippen molar-refractivity contribution in [2.75, 3.05) is 20.2 Å². The summed E-state index contributed by atoms with van der Waals surface area (Å²) < 4.78 is 4.52. The Hall–Kier alpha value is -1.10. The number of hydrogen-bond donors (Lipinski definition) is 1. The van der Waals surface area contributed by atoms with Gasteiger partial charge in [-0.1, -0.05) is 20.3 Å². The summed E-state index contributed by atoms with van der Waals surface area (Å²) in [5.74, 6) is -1.29. The van der Waals surface area contributed by atoms with Crippen molar-refractivity contribution >= 4 is 11.9 Å². The largest absolute Gasteiger partial charge is 0.480 e. The van der Waals surface area contributed by atoms with Crippen LogP contribution in [0.1, 0.15) is 26.7 Å². The molecule has 0 aromatic heterocycles. The lowest BCUT2D eigenvalue weighted by atomic mass is 10.1. The van der Waals surface area contributed by atoms with E-state index in [0.29, 0.717) is 13.0 Å². The molecule has 88 valence electrons. The molecule has 0 amide bonds. The molecule has 1 unspecified atom stereocenters. The maximum Gasteiger partial charge on any atom is 0.320 e. The zero-order chi connectivity index (χ0) is 11.8. The first-order valence-electron chi connectivity index (χ1n) is 5.10. The number of carboxylic acid groups (broad SMARTS) is 1. The molecule has 0 rings (SSSR count). The Morgan fingerprint density at radius 2 is 2.00 bits per heavy atom. The zero-order valence-electron chi connectivity index (χ0n) is 9.52. The predicted molar refractivity (Wildman–Crippen MR) is 55.6 cm³/mol. The Bertz CT molecular complexity index is 217. The average Bonchev–Trinajstić information content (AvgIpc) is 2.22. The maximum atomic E-state index is 11.1. The molecule has 5 nitrogen and oxygen atoms in total. The van der Waals surface area contributed by atoms with Gasteiger partial charge >= 0.3 is 11.9 Å². The summed E-state index contributed by atoms with van der Waals surface area (Å²) in [7, 11) is 1.30. The highest BCUT2D eigenvalue weighted by Crippen LogP contribution is 2.07. The fourth-order valence-electron chi connectivity index (χ4n) is 1.41. The third-order valence-corrected chi connectivity index (χ3v) is 2.25. The summed E-state index contributed by atoms with van der Waals surface area (Å²) in [6.07, 6.45) is 1.31. The van der Waals surface area contributed by atoms with Crippen molar-refractivity contribution in [1.82, 2.24) is 4.90 Å². The van der Waals surface area contributed by atoms with Crippen LogP contribution in [0.15, 0.2) is 0 Å². The first kappa shape index (κ1) is 13.9. The highest BCUT2D eigenvalue weighted by atomic mass is 16.5. The lowest BCUT2D eigenvalue weighted by Crippen LogP contribution is -2.44. The highest BCUT2D eigenvalue weighted by Gasteiger charge is 2.25.